The van der Waals surface area contributed by atoms with Crippen molar-refractivity contribution in [1.29, 1.82) is 0 Å². The third-order valence-electron chi connectivity index (χ3n) is 3.18. The lowest BCUT2D eigenvalue weighted by atomic mass is 10.1. The highest BCUT2D eigenvalue weighted by Gasteiger charge is 2.11. The molecule has 2 heteroatoms. The molecule has 0 fully saturated rings. The van der Waals surface area contributed by atoms with Crippen LogP contribution in [-0.4, -0.2) is 9.55 Å². The summed E-state index contributed by atoms with van der Waals surface area (Å²) >= 11 is 0. The molecule has 1 aliphatic heterocycles. The predicted molar refractivity (Wildman–Crippen MR) is 66.3 cm³/mol. The second-order valence-electron chi connectivity index (χ2n) is 4.19. The van der Waals surface area contributed by atoms with E-state index in [4.69, 9.17) is 4.98 Å². The monoisotopic (exact) mass is 206 g/mol. The smallest absolute Gasteiger partial charge is 0.0961 e. The van der Waals surface area contributed by atoms with Crippen LogP contribution in [0.1, 0.15) is 5.69 Å². The first-order valence-electron chi connectivity index (χ1n) is 5.47. The molecule has 0 radical (unpaired) electrons. The van der Waals surface area contributed by atoms with Crippen LogP contribution in [0.15, 0.2) is 42.6 Å². The highest BCUT2D eigenvalue weighted by molar-refractivity contribution is 5.96. The van der Waals surface area contributed by atoms with Crippen LogP contribution < -0.4 is 0 Å². The Balaban J connectivity index is 2.21. The second kappa shape index (κ2) is 2.73. The standard InChI is InChI=1S/C14H10N2/c1-2-5-12-10(4-1)8-11-9-16-7-3-6-13(16)14(11)15-12/h1-6,8-9H,7H2. The third-order valence-corrected chi connectivity index (χ3v) is 3.18. The Morgan fingerprint density at radius 2 is 2.06 bits per heavy atom. The van der Waals surface area contributed by atoms with E-state index in [0.717, 1.165) is 17.6 Å². The van der Waals surface area contributed by atoms with Crippen LogP contribution in [-0.2, 0) is 6.54 Å². The lowest BCUT2D eigenvalue weighted by Crippen LogP contribution is -1.88. The van der Waals surface area contributed by atoms with Gasteiger partial charge in [-0.2, -0.15) is 0 Å². The Morgan fingerprint density at radius 1 is 1.12 bits per heavy atom. The SMILES string of the molecule is C1=Cc2c3nc4ccccc4cc3cn2C1. The van der Waals surface area contributed by atoms with Crippen molar-refractivity contribution in [3.63, 3.8) is 0 Å². The van der Waals surface area contributed by atoms with Crippen LogP contribution in [0.5, 0.6) is 0 Å². The Morgan fingerprint density at radius 3 is 3.06 bits per heavy atom. The molecule has 0 aliphatic carbocycles. The molecule has 16 heavy (non-hydrogen) atoms. The fourth-order valence-electron chi connectivity index (χ4n) is 2.41. The lowest BCUT2D eigenvalue weighted by molar-refractivity contribution is 0.851. The number of para-hydroxylation sites is 1. The molecule has 2 nitrogen and oxygen atoms in total. The maximum Gasteiger partial charge on any atom is 0.0961 e. The Hall–Kier alpha value is -2.09. The van der Waals surface area contributed by atoms with Gasteiger partial charge < -0.3 is 4.57 Å². The lowest BCUT2D eigenvalue weighted by Gasteiger charge is -1.97. The molecule has 2 aromatic heterocycles. The van der Waals surface area contributed by atoms with E-state index in [0.29, 0.717) is 0 Å². The molecule has 1 aromatic carbocycles. The molecule has 0 spiro atoms. The van der Waals surface area contributed by atoms with Gasteiger partial charge in [0.15, 0.2) is 0 Å². The largest absolute Gasteiger partial charge is 0.342 e. The van der Waals surface area contributed by atoms with Gasteiger partial charge in [0.2, 0.25) is 0 Å². The van der Waals surface area contributed by atoms with E-state index in [9.17, 15) is 0 Å². The van der Waals surface area contributed by atoms with Gasteiger partial charge in [-0.05, 0) is 18.2 Å². The van der Waals surface area contributed by atoms with Gasteiger partial charge in [-0.3, -0.25) is 0 Å². The average molecular weight is 206 g/mol. The highest BCUT2D eigenvalue weighted by atomic mass is 15.0. The Bertz CT molecular complexity index is 735. The van der Waals surface area contributed by atoms with Gasteiger partial charge in [-0.25, -0.2) is 4.98 Å². The molecule has 1 aliphatic rings. The first kappa shape index (κ1) is 8.11. The van der Waals surface area contributed by atoms with Crippen molar-refractivity contribution in [2.45, 2.75) is 6.54 Å². The summed E-state index contributed by atoms with van der Waals surface area (Å²) in [6, 6.07) is 10.5. The van der Waals surface area contributed by atoms with Crippen molar-refractivity contribution in [2.75, 3.05) is 0 Å². The molecule has 0 atom stereocenters. The van der Waals surface area contributed by atoms with Crippen molar-refractivity contribution >= 4 is 27.9 Å². The maximum absolute atomic E-state index is 4.74. The topological polar surface area (TPSA) is 17.8 Å². The number of hydrogen-bond donors (Lipinski definition) is 0. The summed E-state index contributed by atoms with van der Waals surface area (Å²) in [4.78, 5) is 4.74. The minimum atomic E-state index is 0.974. The van der Waals surface area contributed by atoms with E-state index in [1.807, 2.05) is 6.07 Å². The number of nitrogens with zero attached hydrogens (tertiary/aromatic N) is 2. The van der Waals surface area contributed by atoms with Gasteiger partial charge in [0.05, 0.1) is 16.7 Å². The van der Waals surface area contributed by atoms with Gasteiger partial charge in [0, 0.05) is 23.5 Å². The first-order chi connectivity index (χ1) is 7.92. The van der Waals surface area contributed by atoms with Crippen LogP contribution in [0.3, 0.4) is 0 Å². The number of fused-ring (bicyclic) bond motifs is 4. The van der Waals surface area contributed by atoms with Crippen LogP contribution in [0.4, 0.5) is 0 Å². The van der Waals surface area contributed by atoms with Gasteiger partial charge in [0.25, 0.3) is 0 Å². The maximum atomic E-state index is 4.74. The quantitative estimate of drug-likeness (QED) is 0.552. The number of pyridine rings is 1. The normalized spacial score (nSPS) is 13.8. The first-order valence-corrected chi connectivity index (χ1v) is 5.47. The van der Waals surface area contributed by atoms with Crippen LogP contribution in [0.2, 0.25) is 0 Å². The average Bonchev–Trinajstić information content (AvgIpc) is 2.86. The summed E-state index contributed by atoms with van der Waals surface area (Å²) in [7, 11) is 0. The Kier molecular flexibility index (Phi) is 1.38. The summed E-state index contributed by atoms with van der Waals surface area (Å²) < 4.78 is 2.25. The fraction of sp³-hybridized carbons (Fsp3) is 0.0714. The molecule has 0 amide bonds. The number of benzene rings is 1. The van der Waals surface area contributed by atoms with Gasteiger partial charge >= 0.3 is 0 Å². The van der Waals surface area contributed by atoms with Crippen LogP contribution in [0, 0.1) is 0 Å². The number of aromatic nitrogens is 2. The minimum Gasteiger partial charge on any atom is -0.342 e. The van der Waals surface area contributed by atoms with Crippen molar-refractivity contribution in [3.8, 4) is 0 Å². The molecule has 0 bridgehead atoms. The molecule has 0 saturated heterocycles. The van der Waals surface area contributed by atoms with Gasteiger partial charge in [-0.1, -0.05) is 24.3 Å². The summed E-state index contributed by atoms with van der Waals surface area (Å²) in [6.07, 6.45) is 6.51. The molecule has 0 N–H and O–H groups in total. The number of allylic oxidation sites excluding steroid dienone is 1. The molecule has 4 rings (SSSR count). The molecule has 3 aromatic rings. The summed E-state index contributed by atoms with van der Waals surface area (Å²) in [5, 5.41) is 2.45. The van der Waals surface area contributed by atoms with Crippen molar-refractivity contribution in [1.82, 2.24) is 9.55 Å². The van der Waals surface area contributed by atoms with Crippen LogP contribution >= 0.6 is 0 Å². The van der Waals surface area contributed by atoms with Crippen molar-refractivity contribution in [3.05, 3.63) is 48.3 Å². The predicted octanol–water partition coefficient (Wildman–Crippen LogP) is 3.22. The molecule has 0 saturated carbocycles. The van der Waals surface area contributed by atoms with Gasteiger partial charge in [0.1, 0.15) is 0 Å². The Labute approximate surface area is 92.8 Å². The summed E-state index contributed by atoms with van der Waals surface area (Å²) in [6.45, 7) is 0.974. The van der Waals surface area contributed by atoms with E-state index < -0.39 is 0 Å². The van der Waals surface area contributed by atoms with E-state index in [1.54, 1.807) is 0 Å². The third kappa shape index (κ3) is 0.936. The zero-order valence-electron chi connectivity index (χ0n) is 8.72. The highest BCUT2D eigenvalue weighted by Crippen LogP contribution is 2.27. The molecule has 0 unspecified atom stereocenters. The van der Waals surface area contributed by atoms with Crippen molar-refractivity contribution < 1.29 is 0 Å². The number of rotatable bonds is 0. The van der Waals surface area contributed by atoms with Crippen LogP contribution in [0.25, 0.3) is 27.9 Å². The summed E-state index contributed by atoms with van der Waals surface area (Å²) in [5.74, 6) is 0. The molecular weight excluding hydrogens is 196 g/mol. The molecule has 76 valence electrons. The summed E-state index contributed by atoms with van der Waals surface area (Å²) in [5.41, 5.74) is 3.43. The van der Waals surface area contributed by atoms with E-state index in [2.05, 4.69) is 47.2 Å². The minimum absolute atomic E-state index is 0.974. The molecular formula is C14H10N2. The second-order valence-corrected chi connectivity index (χ2v) is 4.19. The van der Waals surface area contributed by atoms with Gasteiger partial charge in [-0.15, -0.1) is 0 Å². The van der Waals surface area contributed by atoms with E-state index >= 15 is 0 Å². The zero-order valence-corrected chi connectivity index (χ0v) is 8.72. The van der Waals surface area contributed by atoms with Crippen molar-refractivity contribution in [2.24, 2.45) is 0 Å². The molecule has 3 heterocycles. The fourth-order valence-corrected chi connectivity index (χ4v) is 2.41. The van der Waals surface area contributed by atoms with E-state index in [1.165, 1.54) is 16.5 Å². The number of hydrogen-bond acceptors (Lipinski definition) is 1. The zero-order chi connectivity index (χ0) is 10.5. The van der Waals surface area contributed by atoms with E-state index in [-0.39, 0.29) is 0 Å².